The summed E-state index contributed by atoms with van der Waals surface area (Å²) in [6, 6.07) is 0. The van der Waals surface area contributed by atoms with Crippen molar-refractivity contribution < 1.29 is 4.79 Å². The number of carbonyl (C=O) groups excluding carboxylic acids is 1. The summed E-state index contributed by atoms with van der Waals surface area (Å²) < 4.78 is 0. The van der Waals surface area contributed by atoms with Crippen molar-refractivity contribution in [2.45, 2.75) is 39.7 Å². The Hall–Kier alpha value is -1.74. The van der Waals surface area contributed by atoms with Crippen molar-refractivity contribution in [2.75, 3.05) is 17.6 Å². The number of carbonyl (C=O) groups is 1. The topological polar surface area (TPSA) is 80.0 Å². The second-order valence-corrected chi connectivity index (χ2v) is 6.04. The van der Waals surface area contributed by atoms with E-state index in [-0.39, 0.29) is 17.3 Å². The van der Waals surface area contributed by atoms with Crippen molar-refractivity contribution in [1.29, 1.82) is 0 Å². The van der Waals surface area contributed by atoms with Crippen molar-refractivity contribution >= 4 is 28.2 Å². The van der Waals surface area contributed by atoms with E-state index in [1.807, 2.05) is 20.8 Å². The molecule has 4 N–H and O–H groups in total. The SMILES string of the molecule is CC#CCCNC(=O)c1sc(NC(C)(C)C)nc1N. The number of thiazole rings is 1. The highest BCUT2D eigenvalue weighted by Gasteiger charge is 2.18. The number of amides is 1. The summed E-state index contributed by atoms with van der Waals surface area (Å²) >= 11 is 1.26. The molecule has 1 amide bonds. The van der Waals surface area contributed by atoms with E-state index in [4.69, 9.17) is 5.73 Å². The maximum Gasteiger partial charge on any atom is 0.265 e. The van der Waals surface area contributed by atoms with Gasteiger partial charge in [-0.25, -0.2) is 4.98 Å². The number of nitrogens with zero attached hydrogens (tertiary/aromatic N) is 1. The predicted molar refractivity (Wildman–Crippen MR) is 80.3 cm³/mol. The Morgan fingerprint density at radius 3 is 2.74 bits per heavy atom. The van der Waals surface area contributed by atoms with Gasteiger partial charge in [0, 0.05) is 18.5 Å². The molecule has 0 aliphatic rings. The van der Waals surface area contributed by atoms with Crippen molar-refractivity contribution in [2.24, 2.45) is 0 Å². The molecule has 0 spiro atoms. The number of nitrogens with one attached hydrogen (secondary N) is 2. The lowest BCUT2D eigenvalue weighted by atomic mass is 10.1. The van der Waals surface area contributed by atoms with Crippen molar-refractivity contribution in [3.8, 4) is 11.8 Å². The van der Waals surface area contributed by atoms with Gasteiger partial charge in [0.2, 0.25) is 0 Å². The van der Waals surface area contributed by atoms with Crippen LogP contribution in [0.3, 0.4) is 0 Å². The second-order valence-electron chi connectivity index (χ2n) is 5.04. The van der Waals surface area contributed by atoms with Gasteiger partial charge in [-0.2, -0.15) is 0 Å². The molecule has 1 rings (SSSR count). The van der Waals surface area contributed by atoms with Gasteiger partial charge in [-0.05, 0) is 27.7 Å². The van der Waals surface area contributed by atoms with Crippen LogP contribution in [0, 0.1) is 11.8 Å². The highest BCUT2D eigenvalue weighted by Crippen LogP contribution is 2.26. The Bertz CT molecular complexity index is 505. The lowest BCUT2D eigenvalue weighted by molar-refractivity contribution is 0.0959. The summed E-state index contributed by atoms with van der Waals surface area (Å²) in [7, 11) is 0. The van der Waals surface area contributed by atoms with Crippen molar-refractivity contribution in [3.63, 3.8) is 0 Å². The monoisotopic (exact) mass is 280 g/mol. The number of nitrogens with two attached hydrogens (primary N) is 1. The molecule has 0 atom stereocenters. The molecule has 1 aromatic heterocycles. The Morgan fingerprint density at radius 1 is 1.47 bits per heavy atom. The summed E-state index contributed by atoms with van der Waals surface area (Å²) in [6.07, 6.45) is 0.633. The molecular formula is C13H20N4OS. The van der Waals surface area contributed by atoms with Crippen LogP contribution in [0.5, 0.6) is 0 Å². The summed E-state index contributed by atoms with van der Waals surface area (Å²) in [5, 5.41) is 6.63. The Labute approximate surface area is 118 Å². The second kappa shape index (κ2) is 6.43. The van der Waals surface area contributed by atoms with Gasteiger partial charge >= 0.3 is 0 Å². The van der Waals surface area contributed by atoms with Gasteiger partial charge < -0.3 is 16.4 Å². The van der Waals surface area contributed by atoms with E-state index in [2.05, 4.69) is 27.5 Å². The third-order valence-corrected chi connectivity index (χ3v) is 3.04. The Kier molecular flexibility index (Phi) is 5.19. The van der Waals surface area contributed by atoms with Crippen molar-refractivity contribution in [1.82, 2.24) is 10.3 Å². The molecule has 0 radical (unpaired) electrons. The van der Waals surface area contributed by atoms with Gasteiger partial charge in [-0.1, -0.05) is 11.3 Å². The van der Waals surface area contributed by atoms with Crippen LogP contribution in [0.4, 0.5) is 10.9 Å². The first kappa shape index (κ1) is 15.3. The van der Waals surface area contributed by atoms with Gasteiger partial charge in [-0.3, -0.25) is 4.79 Å². The minimum absolute atomic E-state index is 0.116. The lowest BCUT2D eigenvalue weighted by Crippen LogP contribution is -2.25. The third-order valence-electron chi connectivity index (χ3n) is 2.05. The molecule has 0 fully saturated rings. The number of hydrogen-bond acceptors (Lipinski definition) is 5. The van der Waals surface area contributed by atoms with E-state index in [9.17, 15) is 4.79 Å². The smallest absolute Gasteiger partial charge is 0.265 e. The Morgan fingerprint density at radius 2 is 2.16 bits per heavy atom. The number of aromatic nitrogens is 1. The van der Waals surface area contributed by atoms with Crippen LogP contribution in [-0.2, 0) is 0 Å². The van der Waals surface area contributed by atoms with E-state index in [0.717, 1.165) is 0 Å². The molecule has 104 valence electrons. The zero-order valence-electron chi connectivity index (χ0n) is 11.8. The maximum atomic E-state index is 11.9. The molecule has 1 aromatic rings. The summed E-state index contributed by atoms with van der Waals surface area (Å²) in [5.41, 5.74) is 5.65. The molecule has 1 heterocycles. The number of hydrogen-bond donors (Lipinski definition) is 3. The van der Waals surface area contributed by atoms with Crippen LogP contribution in [0.1, 0.15) is 43.8 Å². The summed E-state index contributed by atoms with van der Waals surface area (Å²) in [6.45, 7) is 8.35. The minimum Gasteiger partial charge on any atom is -0.382 e. The standard InChI is InChI=1S/C13H20N4OS/c1-5-6-7-8-15-11(18)9-10(14)16-12(19-9)17-13(2,3)4/h7-8,14H2,1-4H3,(H,15,18)(H,16,17). The van der Waals surface area contributed by atoms with Crippen LogP contribution >= 0.6 is 11.3 Å². The minimum atomic E-state index is -0.199. The molecule has 5 nitrogen and oxygen atoms in total. The molecule has 0 aliphatic heterocycles. The summed E-state index contributed by atoms with van der Waals surface area (Å²) in [4.78, 5) is 16.5. The quantitative estimate of drug-likeness (QED) is 0.583. The van der Waals surface area contributed by atoms with E-state index in [0.29, 0.717) is 23.0 Å². The van der Waals surface area contributed by atoms with Gasteiger partial charge in [-0.15, -0.1) is 11.8 Å². The maximum absolute atomic E-state index is 11.9. The fourth-order valence-electron chi connectivity index (χ4n) is 1.31. The fraction of sp³-hybridized carbons (Fsp3) is 0.538. The number of rotatable bonds is 4. The molecule has 0 bridgehead atoms. The normalized spacial score (nSPS) is 10.5. The highest BCUT2D eigenvalue weighted by atomic mass is 32.1. The van der Waals surface area contributed by atoms with Gasteiger partial charge in [0.1, 0.15) is 10.7 Å². The first-order valence-corrected chi connectivity index (χ1v) is 6.87. The van der Waals surface area contributed by atoms with Crippen LogP contribution < -0.4 is 16.4 Å². The molecule has 6 heteroatoms. The van der Waals surface area contributed by atoms with E-state index in [1.165, 1.54) is 11.3 Å². The van der Waals surface area contributed by atoms with Crippen LogP contribution in [0.2, 0.25) is 0 Å². The zero-order valence-corrected chi connectivity index (χ0v) is 12.6. The average Bonchev–Trinajstić information content (AvgIpc) is 2.63. The molecule has 0 saturated heterocycles. The highest BCUT2D eigenvalue weighted by molar-refractivity contribution is 7.18. The predicted octanol–water partition coefficient (Wildman–Crippen LogP) is 2.08. The number of nitrogen functional groups attached to an aromatic ring is 1. The van der Waals surface area contributed by atoms with E-state index < -0.39 is 0 Å². The van der Waals surface area contributed by atoms with Gasteiger partial charge in [0.25, 0.3) is 5.91 Å². The molecular weight excluding hydrogens is 260 g/mol. The molecule has 0 unspecified atom stereocenters. The fourth-order valence-corrected chi connectivity index (χ4v) is 2.32. The Balaban J connectivity index is 2.67. The first-order chi connectivity index (χ1) is 8.83. The summed E-state index contributed by atoms with van der Waals surface area (Å²) in [5.74, 6) is 5.72. The lowest BCUT2D eigenvalue weighted by Gasteiger charge is -2.19. The number of anilines is 2. The van der Waals surface area contributed by atoms with Crippen LogP contribution in [0.15, 0.2) is 0 Å². The first-order valence-electron chi connectivity index (χ1n) is 6.06. The van der Waals surface area contributed by atoms with Gasteiger partial charge in [0.05, 0.1) is 0 Å². The van der Waals surface area contributed by atoms with E-state index in [1.54, 1.807) is 6.92 Å². The van der Waals surface area contributed by atoms with E-state index >= 15 is 0 Å². The third kappa shape index (κ3) is 5.18. The van der Waals surface area contributed by atoms with Crippen molar-refractivity contribution in [3.05, 3.63) is 4.88 Å². The largest absolute Gasteiger partial charge is 0.382 e. The molecule has 19 heavy (non-hydrogen) atoms. The molecule has 0 saturated carbocycles. The molecule has 0 aliphatic carbocycles. The molecule has 0 aromatic carbocycles. The van der Waals surface area contributed by atoms with Crippen LogP contribution in [0.25, 0.3) is 0 Å². The zero-order chi connectivity index (χ0) is 14.5. The van der Waals surface area contributed by atoms with Gasteiger partial charge in [0.15, 0.2) is 5.13 Å². The average molecular weight is 280 g/mol. The van der Waals surface area contributed by atoms with Crippen LogP contribution in [-0.4, -0.2) is 23.0 Å².